The van der Waals surface area contributed by atoms with E-state index in [1.54, 1.807) is 5.38 Å². The van der Waals surface area contributed by atoms with Crippen LogP contribution in [0, 0.1) is 5.92 Å². The predicted molar refractivity (Wildman–Crippen MR) is 77.1 cm³/mol. The number of alkyl halides is 3. The van der Waals surface area contributed by atoms with Crippen molar-refractivity contribution in [2.45, 2.75) is 38.3 Å². The number of amides is 1. The summed E-state index contributed by atoms with van der Waals surface area (Å²) in [6.45, 7) is 0.687. The van der Waals surface area contributed by atoms with E-state index in [1.165, 1.54) is 4.90 Å². The van der Waals surface area contributed by atoms with Crippen LogP contribution in [0.3, 0.4) is 0 Å². The van der Waals surface area contributed by atoms with Gasteiger partial charge in [0.25, 0.3) is 0 Å². The van der Waals surface area contributed by atoms with E-state index in [1.807, 2.05) is 0 Å². The number of piperidine rings is 1. The number of carbonyl (C=O) groups is 2. The second kappa shape index (κ2) is 7.29. The van der Waals surface area contributed by atoms with Gasteiger partial charge in [-0.15, -0.1) is 11.3 Å². The van der Waals surface area contributed by atoms with Gasteiger partial charge < -0.3 is 10.0 Å². The van der Waals surface area contributed by atoms with E-state index in [4.69, 9.17) is 5.11 Å². The van der Waals surface area contributed by atoms with Crippen LogP contribution in [0.15, 0.2) is 5.38 Å². The molecular formula is C14H17F3N2O3S. The molecule has 0 aliphatic carbocycles. The number of thiazole rings is 1. The molecule has 9 heteroatoms. The molecule has 1 aliphatic rings. The number of halogens is 3. The van der Waals surface area contributed by atoms with Gasteiger partial charge >= 0.3 is 12.1 Å². The number of nitrogens with zero attached hydrogens (tertiary/aromatic N) is 2. The highest BCUT2D eigenvalue weighted by Gasteiger charge is 2.29. The van der Waals surface area contributed by atoms with E-state index in [9.17, 15) is 22.8 Å². The summed E-state index contributed by atoms with van der Waals surface area (Å²) in [4.78, 5) is 28.7. The molecule has 0 bridgehead atoms. The summed E-state index contributed by atoms with van der Waals surface area (Å²) in [6.07, 6.45) is -4.16. The Kier molecular flexibility index (Phi) is 5.61. The van der Waals surface area contributed by atoms with Gasteiger partial charge in [-0.3, -0.25) is 9.59 Å². The molecule has 1 amide bonds. The van der Waals surface area contributed by atoms with Crippen molar-refractivity contribution in [3.63, 3.8) is 0 Å². The highest BCUT2D eigenvalue weighted by atomic mass is 32.1. The molecule has 128 valence electrons. The number of carboxylic acids is 1. The summed E-state index contributed by atoms with van der Waals surface area (Å²) >= 11 is 1.11. The molecule has 1 aromatic heterocycles. The third-order valence-electron chi connectivity index (χ3n) is 3.68. The van der Waals surface area contributed by atoms with Crippen LogP contribution in [0.4, 0.5) is 13.2 Å². The highest BCUT2D eigenvalue weighted by Crippen LogP contribution is 2.24. The van der Waals surface area contributed by atoms with E-state index < -0.39 is 24.5 Å². The van der Waals surface area contributed by atoms with Crippen molar-refractivity contribution in [3.05, 3.63) is 16.1 Å². The first-order valence-corrected chi connectivity index (χ1v) is 8.13. The number of rotatable bonds is 5. The van der Waals surface area contributed by atoms with Crippen LogP contribution in [-0.2, 0) is 22.4 Å². The molecule has 0 aromatic carbocycles. The maximum absolute atomic E-state index is 12.2. The Morgan fingerprint density at radius 2 is 2.17 bits per heavy atom. The molecule has 23 heavy (non-hydrogen) atoms. The summed E-state index contributed by atoms with van der Waals surface area (Å²) in [5.74, 6) is -1.69. The SMILES string of the molecule is O=C(O)C1CCCN(C(=O)Cc2csc(CCC(F)(F)F)n2)C1. The van der Waals surface area contributed by atoms with Gasteiger partial charge in [-0.25, -0.2) is 4.98 Å². The Hall–Kier alpha value is -1.64. The zero-order chi connectivity index (χ0) is 17.0. The topological polar surface area (TPSA) is 70.5 Å². The largest absolute Gasteiger partial charge is 0.481 e. The van der Waals surface area contributed by atoms with Crippen LogP contribution in [0.25, 0.3) is 0 Å². The van der Waals surface area contributed by atoms with Crippen molar-refractivity contribution < 1.29 is 27.9 Å². The minimum atomic E-state index is -4.22. The van der Waals surface area contributed by atoms with Crippen LogP contribution in [0.1, 0.15) is 30.0 Å². The Morgan fingerprint density at radius 1 is 1.43 bits per heavy atom. The Morgan fingerprint density at radius 3 is 2.83 bits per heavy atom. The van der Waals surface area contributed by atoms with Crippen LogP contribution in [-0.4, -0.2) is 46.1 Å². The average Bonchev–Trinajstić information content (AvgIpc) is 2.92. The van der Waals surface area contributed by atoms with Gasteiger partial charge in [0.05, 0.1) is 23.0 Å². The second-order valence-corrected chi connectivity index (χ2v) is 6.48. The lowest BCUT2D eigenvalue weighted by Gasteiger charge is -2.30. The first-order valence-electron chi connectivity index (χ1n) is 7.25. The zero-order valence-corrected chi connectivity index (χ0v) is 13.1. The van der Waals surface area contributed by atoms with Gasteiger partial charge in [-0.05, 0) is 12.8 Å². The van der Waals surface area contributed by atoms with Crippen LogP contribution in [0.2, 0.25) is 0 Å². The minimum Gasteiger partial charge on any atom is -0.481 e. The fraction of sp³-hybridized carbons (Fsp3) is 0.643. The van der Waals surface area contributed by atoms with Crippen molar-refractivity contribution in [3.8, 4) is 0 Å². The Labute approximate surface area is 135 Å². The molecule has 2 heterocycles. The number of aryl methyl sites for hydroxylation is 1. The smallest absolute Gasteiger partial charge is 0.389 e. The van der Waals surface area contributed by atoms with Gasteiger partial charge in [0, 0.05) is 31.3 Å². The Balaban J connectivity index is 1.88. The number of aromatic nitrogens is 1. The van der Waals surface area contributed by atoms with Gasteiger partial charge in [0.2, 0.25) is 5.91 Å². The standard InChI is InChI=1S/C14H17F3N2O3S/c15-14(16,17)4-3-11-18-10(8-23-11)6-12(20)19-5-1-2-9(7-19)13(21)22/h8-9H,1-7H2,(H,21,22). The first-order chi connectivity index (χ1) is 10.7. The summed E-state index contributed by atoms with van der Waals surface area (Å²) < 4.78 is 36.5. The van der Waals surface area contributed by atoms with Crippen molar-refractivity contribution in [1.82, 2.24) is 9.88 Å². The third-order valence-corrected chi connectivity index (χ3v) is 4.63. The molecule has 5 nitrogen and oxygen atoms in total. The molecule has 0 saturated carbocycles. The van der Waals surface area contributed by atoms with Crippen LogP contribution in [0.5, 0.6) is 0 Å². The van der Waals surface area contributed by atoms with Crippen molar-refractivity contribution >= 4 is 23.2 Å². The quantitative estimate of drug-likeness (QED) is 0.886. The van der Waals surface area contributed by atoms with E-state index in [2.05, 4.69) is 4.98 Å². The van der Waals surface area contributed by atoms with Gasteiger partial charge in [0.15, 0.2) is 0 Å². The number of carbonyl (C=O) groups excluding carboxylic acids is 1. The predicted octanol–water partition coefficient (Wildman–Crippen LogP) is 2.50. The third kappa shape index (κ3) is 5.49. The lowest BCUT2D eigenvalue weighted by Crippen LogP contribution is -2.43. The summed E-state index contributed by atoms with van der Waals surface area (Å²) in [6, 6.07) is 0. The molecule has 1 fully saturated rings. The maximum atomic E-state index is 12.2. The van der Waals surface area contributed by atoms with Crippen molar-refractivity contribution in [2.24, 2.45) is 5.92 Å². The monoisotopic (exact) mass is 350 g/mol. The van der Waals surface area contributed by atoms with Crippen LogP contribution >= 0.6 is 11.3 Å². The number of hydrogen-bond acceptors (Lipinski definition) is 4. The molecule has 1 N–H and O–H groups in total. The number of carboxylic acid groups (broad SMARTS) is 1. The minimum absolute atomic E-state index is 0.00510. The molecule has 1 saturated heterocycles. The summed E-state index contributed by atoms with van der Waals surface area (Å²) in [5.41, 5.74) is 0.439. The fourth-order valence-electron chi connectivity index (χ4n) is 2.47. The highest BCUT2D eigenvalue weighted by molar-refractivity contribution is 7.09. The first kappa shape index (κ1) is 17.7. The summed E-state index contributed by atoms with van der Waals surface area (Å²) in [5, 5.41) is 11.0. The molecule has 0 spiro atoms. The van der Waals surface area contributed by atoms with E-state index in [0.717, 1.165) is 11.3 Å². The average molecular weight is 350 g/mol. The molecule has 1 atom stereocenters. The molecule has 1 aromatic rings. The fourth-order valence-corrected chi connectivity index (χ4v) is 3.26. The van der Waals surface area contributed by atoms with E-state index in [0.29, 0.717) is 30.1 Å². The normalized spacial score (nSPS) is 18.9. The number of hydrogen-bond donors (Lipinski definition) is 1. The molecule has 0 radical (unpaired) electrons. The molecule has 1 unspecified atom stereocenters. The second-order valence-electron chi connectivity index (χ2n) is 5.54. The Bertz CT molecular complexity index is 574. The van der Waals surface area contributed by atoms with Crippen molar-refractivity contribution in [1.29, 1.82) is 0 Å². The van der Waals surface area contributed by atoms with Gasteiger partial charge in [0.1, 0.15) is 0 Å². The lowest BCUT2D eigenvalue weighted by molar-refractivity contribution is -0.145. The van der Waals surface area contributed by atoms with Gasteiger partial charge in [-0.2, -0.15) is 13.2 Å². The lowest BCUT2D eigenvalue weighted by atomic mass is 9.98. The number of likely N-dealkylation sites (tertiary alicyclic amines) is 1. The summed E-state index contributed by atoms with van der Waals surface area (Å²) in [7, 11) is 0. The maximum Gasteiger partial charge on any atom is 0.389 e. The van der Waals surface area contributed by atoms with Crippen molar-refractivity contribution in [2.75, 3.05) is 13.1 Å². The zero-order valence-electron chi connectivity index (χ0n) is 12.3. The van der Waals surface area contributed by atoms with E-state index in [-0.39, 0.29) is 25.3 Å². The molecular weight excluding hydrogens is 333 g/mol. The van der Waals surface area contributed by atoms with Crippen LogP contribution < -0.4 is 0 Å². The number of aliphatic carboxylic acids is 1. The molecule has 1 aliphatic heterocycles. The molecule has 2 rings (SSSR count). The van der Waals surface area contributed by atoms with E-state index >= 15 is 0 Å². The van der Waals surface area contributed by atoms with Gasteiger partial charge in [-0.1, -0.05) is 0 Å².